The van der Waals surface area contributed by atoms with E-state index in [9.17, 15) is 0 Å². The van der Waals surface area contributed by atoms with E-state index in [4.69, 9.17) is 0 Å². The minimum Gasteiger partial charge on any atom is -0.314 e. The Bertz CT molecular complexity index is 116. The molecule has 2 rings (SSSR count). The Labute approximate surface area is 56.8 Å². The van der Waals surface area contributed by atoms with Crippen LogP contribution < -0.4 is 5.32 Å². The van der Waals surface area contributed by atoms with Crippen LogP contribution in [-0.2, 0) is 0 Å². The van der Waals surface area contributed by atoms with Gasteiger partial charge in [0.05, 0.1) is 0 Å². The van der Waals surface area contributed by atoms with Crippen molar-refractivity contribution >= 4 is 0 Å². The second kappa shape index (κ2) is 1.72. The number of nitrogens with one attached hydrogen (secondary N) is 1. The van der Waals surface area contributed by atoms with Crippen LogP contribution >= 0.6 is 0 Å². The molecule has 1 heteroatoms. The molecular formula is C8H15N. The molecule has 1 saturated carbocycles. The largest absolute Gasteiger partial charge is 0.314 e. The first-order chi connectivity index (χ1) is 4.31. The van der Waals surface area contributed by atoms with Crippen molar-refractivity contribution in [3.8, 4) is 0 Å². The highest BCUT2D eigenvalue weighted by atomic mass is 15.0. The maximum Gasteiger partial charge on any atom is 0.00447 e. The lowest BCUT2D eigenvalue weighted by Gasteiger charge is -2.37. The molecule has 0 aromatic carbocycles. The van der Waals surface area contributed by atoms with Crippen molar-refractivity contribution in [2.45, 2.75) is 38.6 Å². The van der Waals surface area contributed by atoms with Gasteiger partial charge < -0.3 is 5.32 Å². The first kappa shape index (κ1) is 5.72. The molecule has 1 aliphatic carbocycles. The van der Waals surface area contributed by atoms with E-state index < -0.39 is 0 Å². The molecule has 2 aliphatic rings. The lowest BCUT2D eigenvalue weighted by molar-refractivity contribution is 0.159. The minimum absolute atomic E-state index is 0.777. The Hall–Kier alpha value is -0.0400. The second-order valence-corrected chi connectivity index (χ2v) is 3.84. The molecule has 0 amide bonds. The van der Waals surface area contributed by atoms with Crippen molar-refractivity contribution in [1.82, 2.24) is 5.32 Å². The summed E-state index contributed by atoms with van der Waals surface area (Å²) in [7, 11) is 0. The number of rotatable bonds is 0. The SMILES string of the molecule is C[C@@H]1CC2(CCC2)CN1. The van der Waals surface area contributed by atoms with Crippen LogP contribution in [0.4, 0.5) is 0 Å². The van der Waals surface area contributed by atoms with Gasteiger partial charge in [0.15, 0.2) is 0 Å². The third-order valence-electron chi connectivity index (χ3n) is 2.98. The van der Waals surface area contributed by atoms with Crippen LogP contribution in [0.25, 0.3) is 0 Å². The van der Waals surface area contributed by atoms with Crippen molar-refractivity contribution in [3.05, 3.63) is 0 Å². The lowest BCUT2D eigenvalue weighted by Crippen LogP contribution is -2.31. The molecule has 0 bridgehead atoms. The van der Waals surface area contributed by atoms with Crippen molar-refractivity contribution in [2.24, 2.45) is 5.41 Å². The normalized spacial score (nSPS) is 39.0. The van der Waals surface area contributed by atoms with Crippen molar-refractivity contribution < 1.29 is 0 Å². The Morgan fingerprint density at radius 3 is 2.44 bits per heavy atom. The third-order valence-corrected chi connectivity index (χ3v) is 2.98. The van der Waals surface area contributed by atoms with Crippen LogP contribution in [0, 0.1) is 5.41 Å². The summed E-state index contributed by atoms with van der Waals surface area (Å²) in [6.07, 6.45) is 5.90. The van der Waals surface area contributed by atoms with E-state index in [0.29, 0.717) is 0 Å². The summed E-state index contributed by atoms with van der Waals surface area (Å²) < 4.78 is 0. The summed E-state index contributed by atoms with van der Waals surface area (Å²) in [5, 5.41) is 3.51. The molecule has 0 aromatic heterocycles. The van der Waals surface area contributed by atoms with Gasteiger partial charge in [0, 0.05) is 12.6 Å². The predicted molar refractivity (Wildman–Crippen MR) is 38.4 cm³/mol. The predicted octanol–water partition coefficient (Wildman–Crippen LogP) is 1.54. The highest BCUT2D eigenvalue weighted by Gasteiger charge is 2.41. The van der Waals surface area contributed by atoms with Gasteiger partial charge in [-0.3, -0.25) is 0 Å². The Morgan fingerprint density at radius 1 is 1.44 bits per heavy atom. The van der Waals surface area contributed by atoms with Crippen LogP contribution in [0.2, 0.25) is 0 Å². The summed E-state index contributed by atoms with van der Waals surface area (Å²) in [5.74, 6) is 0. The Balaban J connectivity index is 1.99. The first-order valence-electron chi connectivity index (χ1n) is 4.04. The van der Waals surface area contributed by atoms with Gasteiger partial charge in [-0.25, -0.2) is 0 Å². The molecule has 0 radical (unpaired) electrons. The third kappa shape index (κ3) is 0.787. The van der Waals surface area contributed by atoms with Gasteiger partial charge in [-0.15, -0.1) is 0 Å². The summed E-state index contributed by atoms with van der Waals surface area (Å²) in [6, 6.07) is 0.797. The maximum absolute atomic E-state index is 3.51. The zero-order valence-electron chi connectivity index (χ0n) is 6.11. The van der Waals surface area contributed by atoms with E-state index in [1.54, 1.807) is 0 Å². The summed E-state index contributed by atoms with van der Waals surface area (Å²) in [4.78, 5) is 0. The second-order valence-electron chi connectivity index (χ2n) is 3.84. The number of hydrogen-bond donors (Lipinski definition) is 1. The topological polar surface area (TPSA) is 12.0 Å². The average molecular weight is 125 g/mol. The van der Waals surface area contributed by atoms with Gasteiger partial charge in [-0.05, 0) is 31.6 Å². The minimum atomic E-state index is 0.777. The fraction of sp³-hybridized carbons (Fsp3) is 1.00. The van der Waals surface area contributed by atoms with Crippen LogP contribution in [0.1, 0.15) is 32.6 Å². The summed E-state index contributed by atoms with van der Waals surface area (Å²) in [6.45, 7) is 3.60. The Kier molecular flexibility index (Phi) is 1.10. The molecule has 1 nitrogen and oxygen atoms in total. The van der Waals surface area contributed by atoms with Crippen molar-refractivity contribution in [2.75, 3.05) is 6.54 Å². The Morgan fingerprint density at radius 2 is 2.22 bits per heavy atom. The van der Waals surface area contributed by atoms with E-state index in [1.165, 1.54) is 32.2 Å². The standard InChI is InChI=1S/C8H15N/c1-7-5-8(6-9-7)3-2-4-8/h7,9H,2-6H2,1H3/t7-/m1/s1. The van der Waals surface area contributed by atoms with E-state index in [1.807, 2.05) is 0 Å². The molecule has 9 heavy (non-hydrogen) atoms. The van der Waals surface area contributed by atoms with Gasteiger partial charge >= 0.3 is 0 Å². The monoisotopic (exact) mass is 125 g/mol. The molecule has 52 valence electrons. The summed E-state index contributed by atoms with van der Waals surface area (Å²) in [5.41, 5.74) is 0.777. The van der Waals surface area contributed by atoms with Crippen LogP contribution in [0.5, 0.6) is 0 Å². The fourth-order valence-electron chi connectivity index (χ4n) is 2.24. The van der Waals surface area contributed by atoms with Crippen LogP contribution in [0.15, 0.2) is 0 Å². The molecule has 1 atom stereocenters. The average Bonchev–Trinajstić information content (AvgIpc) is 2.09. The van der Waals surface area contributed by atoms with E-state index in [-0.39, 0.29) is 0 Å². The molecule has 1 spiro atoms. The van der Waals surface area contributed by atoms with Crippen molar-refractivity contribution in [1.29, 1.82) is 0 Å². The van der Waals surface area contributed by atoms with Gasteiger partial charge in [0.1, 0.15) is 0 Å². The molecule has 1 saturated heterocycles. The van der Waals surface area contributed by atoms with Crippen molar-refractivity contribution in [3.63, 3.8) is 0 Å². The molecule has 0 aromatic rings. The van der Waals surface area contributed by atoms with Gasteiger partial charge in [0.2, 0.25) is 0 Å². The molecular weight excluding hydrogens is 110 g/mol. The van der Waals surface area contributed by atoms with Gasteiger partial charge in [0.25, 0.3) is 0 Å². The smallest absolute Gasteiger partial charge is 0.00447 e. The molecule has 2 fully saturated rings. The van der Waals surface area contributed by atoms with E-state index in [2.05, 4.69) is 12.2 Å². The summed E-state index contributed by atoms with van der Waals surface area (Å²) >= 11 is 0. The lowest BCUT2D eigenvalue weighted by atomic mass is 9.68. The maximum atomic E-state index is 3.51. The zero-order valence-corrected chi connectivity index (χ0v) is 6.11. The zero-order chi connectivity index (χ0) is 6.32. The highest BCUT2D eigenvalue weighted by Crippen LogP contribution is 2.46. The van der Waals surface area contributed by atoms with E-state index in [0.717, 1.165) is 11.5 Å². The van der Waals surface area contributed by atoms with Crippen LogP contribution in [-0.4, -0.2) is 12.6 Å². The first-order valence-corrected chi connectivity index (χ1v) is 4.04. The quantitative estimate of drug-likeness (QED) is 0.518. The molecule has 1 heterocycles. The number of hydrogen-bond acceptors (Lipinski definition) is 1. The highest BCUT2D eigenvalue weighted by molar-refractivity contribution is 4.97. The molecule has 1 aliphatic heterocycles. The van der Waals surface area contributed by atoms with Crippen LogP contribution in [0.3, 0.4) is 0 Å². The van der Waals surface area contributed by atoms with E-state index >= 15 is 0 Å². The van der Waals surface area contributed by atoms with Gasteiger partial charge in [-0.2, -0.15) is 0 Å². The van der Waals surface area contributed by atoms with Gasteiger partial charge in [-0.1, -0.05) is 6.42 Å². The molecule has 1 N–H and O–H groups in total. The fourth-order valence-corrected chi connectivity index (χ4v) is 2.24. The molecule has 0 unspecified atom stereocenters.